The largest absolute Gasteiger partial charge is 0.444 e. The zero-order chi connectivity index (χ0) is 14.3. The van der Waals surface area contributed by atoms with E-state index in [1.54, 1.807) is 0 Å². The summed E-state index contributed by atoms with van der Waals surface area (Å²) in [6.45, 7) is 10.7. The van der Waals surface area contributed by atoms with Gasteiger partial charge in [0.1, 0.15) is 5.60 Å². The quantitative estimate of drug-likeness (QED) is 0.752. The third-order valence-corrected chi connectivity index (χ3v) is 4.43. The molecule has 2 heterocycles. The number of ether oxygens (including phenoxy) is 1. The Balaban J connectivity index is 2.02. The number of hydrogen-bond donors (Lipinski definition) is 1. The second kappa shape index (κ2) is 5.17. The van der Waals surface area contributed by atoms with E-state index in [0.717, 1.165) is 38.9 Å². The van der Waals surface area contributed by atoms with Gasteiger partial charge in [0.15, 0.2) is 0 Å². The Labute approximate surface area is 121 Å². The summed E-state index contributed by atoms with van der Waals surface area (Å²) in [7, 11) is 0. The Hall–Kier alpha value is -0.420. The van der Waals surface area contributed by atoms with Gasteiger partial charge in [-0.15, -0.1) is 0 Å². The van der Waals surface area contributed by atoms with Crippen molar-refractivity contribution in [3.05, 3.63) is 0 Å². The molecule has 0 bridgehead atoms. The lowest BCUT2D eigenvalue weighted by molar-refractivity contribution is -0.0748. The van der Waals surface area contributed by atoms with Gasteiger partial charge in [-0.25, -0.2) is 4.79 Å². The van der Waals surface area contributed by atoms with Crippen LogP contribution in [-0.2, 0) is 4.74 Å². The van der Waals surface area contributed by atoms with E-state index in [-0.39, 0.29) is 17.0 Å². The van der Waals surface area contributed by atoms with Crippen molar-refractivity contribution >= 4 is 18.7 Å². The third-order valence-electron chi connectivity index (χ3n) is 4.10. The highest BCUT2D eigenvalue weighted by Gasteiger charge is 2.51. The minimum atomic E-state index is -0.418. The number of likely N-dealkylation sites (tertiary alicyclic amines) is 2. The lowest BCUT2D eigenvalue weighted by atomic mass is 9.78. The van der Waals surface area contributed by atoms with Gasteiger partial charge in [-0.2, -0.15) is 12.6 Å². The summed E-state index contributed by atoms with van der Waals surface area (Å²) in [6, 6.07) is 0. The summed E-state index contributed by atoms with van der Waals surface area (Å²) >= 11 is 4.52. The second-order valence-electron chi connectivity index (χ2n) is 6.81. The minimum Gasteiger partial charge on any atom is -0.444 e. The Bertz CT molecular complexity index is 354. The Morgan fingerprint density at radius 2 is 2.00 bits per heavy atom. The van der Waals surface area contributed by atoms with Crippen LogP contribution >= 0.6 is 12.6 Å². The van der Waals surface area contributed by atoms with E-state index in [1.165, 1.54) is 0 Å². The van der Waals surface area contributed by atoms with Crippen molar-refractivity contribution in [1.82, 2.24) is 9.80 Å². The highest BCUT2D eigenvalue weighted by Crippen LogP contribution is 2.40. The molecular weight excluding hydrogens is 260 g/mol. The van der Waals surface area contributed by atoms with Crippen molar-refractivity contribution in [2.24, 2.45) is 0 Å². The molecule has 5 heteroatoms. The van der Waals surface area contributed by atoms with Gasteiger partial charge in [-0.3, -0.25) is 4.90 Å². The van der Waals surface area contributed by atoms with Crippen LogP contribution in [0.2, 0.25) is 0 Å². The molecule has 4 nitrogen and oxygen atoms in total. The van der Waals surface area contributed by atoms with Gasteiger partial charge in [-0.1, -0.05) is 0 Å². The molecule has 2 unspecified atom stereocenters. The van der Waals surface area contributed by atoms with Gasteiger partial charge in [0.05, 0.1) is 5.54 Å². The van der Waals surface area contributed by atoms with Crippen molar-refractivity contribution in [3.8, 4) is 0 Å². The zero-order valence-electron chi connectivity index (χ0n) is 12.5. The van der Waals surface area contributed by atoms with Crippen LogP contribution in [0.1, 0.15) is 47.0 Å². The molecule has 0 aromatic rings. The van der Waals surface area contributed by atoms with Crippen molar-refractivity contribution < 1.29 is 9.53 Å². The molecule has 2 rings (SSSR count). The maximum atomic E-state index is 12.3. The van der Waals surface area contributed by atoms with Gasteiger partial charge in [0, 0.05) is 18.5 Å². The Morgan fingerprint density at radius 1 is 1.32 bits per heavy atom. The fourth-order valence-electron chi connectivity index (χ4n) is 3.03. The first-order chi connectivity index (χ1) is 8.73. The van der Waals surface area contributed by atoms with Gasteiger partial charge in [0.2, 0.25) is 0 Å². The zero-order valence-corrected chi connectivity index (χ0v) is 13.4. The number of rotatable bonds is 1. The average Bonchev–Trinajstić information content (AvgIpc) is 2.25. The first kappa shape index (κ1) is 15.0. The molecule has 2 fully saturated rings. The van der Waals surface area contributed by atoms with Crippen LogP contribution in [0.25, 0.3) is 0 Å². The van der Waals surface area contributed by atoms with Crippen LogP contribution in [-0.4, -0.2) is 52.0 Å². The van der Waals surface area contributed by atoms with E-state index in [2.05, 4.69) is 24.5 Å². The van der Waals surface area contributed by atoms with E-state index in [1.807, 2.05) is 25.7 Å². The Kier molecular flexibility index (Phi) is 4.07. The molecule has 2 aliphatic rings. The SMILES string of the molecule is CC(S)N1CCCC2(CCN2C(=O)OC(C)(C)C)C1. The van der Waals surface area contributed by atoms with E-state index in [0.29, 0.717) is 0 Å². The molecule has 2 atom stereocenters. The van der Waals surface area contributed by atoms with E-state index < -0.39 is 5.60 Å². The highest BCUT2D eigenvalue weighted by atomic mass is 32.1. The fraction of sp³-hybridized carbons (Fsp3) is 0.929. The van der Waals surface area contributed by atoms with Crippen LogP contribution in [0.15, 0.2) is 0 Å². The van der Waals surface area contributed by atoms with Crippen LogP contribution in [0.3, 0.4) is 0 Å². The molecule has 0 radical (unpaired) electrons. The third kappa shape index (κ3) is 3.19. The van der Waals surface area contributed by atoms with Gasteiger partial charge < -0.3 is 9.64 Å². The number of thiol groups is 1. The first-order valence-electron chi connectivity index (χ1n) is 7.16. The molecule has 1 spiro atoms. The smallest absolute Gasteiger partial charge is 0.410 e. The van der Waals surface area contributed by atoms with Crippen molar-refractivity contribution in [1.29, 1.82) is 0 Å². The van der Waals surface area contributed by atoms with Crippen molar-refractivity contribution in [2.75, 3.05) is 19.6 Å². The summed E-state index contributed by atoms with van der Waals surface area (Å²) in [5, 5.41) is 0.248. The molecule has 0 aromatic carbocycles. The van der Waals surface area contributed by atoms with Crippen LogP contribution in [0.4, 0.5) is 4.79 Å². The number of piperidine rings is 1. The topological polar surface area (TPSA) is 32.8 Å². The average molecular weight is 286 g/mol. The molecule has 0 aromatic heterocycles. The van der Waals surface area contributed by atoms with Crippen molar-refractivity contribution in [3.63, 3.8) is 0 Å². The first-order valence-corrected chi connectivity index (χ1v) is 7.68. The summed E-state index contributed by atoms with van der Waals surface area (Å²) in [6.07, 6.45) is 3.14. The predicted molar refractivity (Wildman–Crippen MR) is 79.5 cm³/mol. The highest BCUT2D eigenvalue weighted by molar-refractivity contribution is 7.80. The van der Waals surface area contributed by atoms with E-state index >= 15 is 0 Å². The van der Waals surface area contributed by atoms with Crippen LogP contribution in [0, 0.1) is 0 Å². The molecule has 1 amide bonds. The number of hydrogen-bond acceptors (Lipinski definition) is 4. The van der Waals surface area contributed by atoms with Gasteiger partial charge >= 0.3 is 6.09 Å². The van der Waals surface area contributed by atoms with Crippen LogP contribution < -0.4 is 0 Å². The predicted octanol–water partition coefficient (Wildman–Crippen LogP) is 2.74. The van der Waals surface area contributed by atoms with Crippen molar-refractivity contribution in [2.45, 2.75) is 63.5 Å². The summed E-state index contributed by atoms with van der Waals surface area (Å²) in [5.74, 6) is 0. The molecule has 110 valence electrons. The van der Waals surface area contributed by atoms with Crippen LogP contribution in [0.5, 0.6) is 0 Å². The normalized spacial score (nSPS) is 30.1. The number of carbonyl (C=O) groups excluding carboxylic acids is 1. The number of nitrogens with zero attached hydrogens (tertiary/aromatic N) is 2. The number of amides is 1. The van der Waals surface area contributed by atoms with E-state index in [4.69, 9.17) is 4.74 Å². The lowest BCUT2D eigenvalue weighted by Gasteiger charge is -2.57. The maximum absolute atomic E-state index is 12.3. The molecule has 0 saturated carbocycles. The van der Waals surface area contributed by atoms with Gasteiger partial charge in [-0.05, 0) is 53.5 Å². The standard InChI is InChI=1S/C14H26N2O2S/c1-11(19)15-8-5-6-14(10-15)7-9-16(14)12(17)18-13(2,3)4/h11,19H,5-10H2,1-4H3. The molecular formula is C14H26N2O2S. The molecule has 2 aliphatic heterocycles. The monoisotopic (exact) mass is 286 g/mol. The lowest BCUT2D eigenvalue weighted by Crippen LogP contribution is -2.69. The second-order valence-corrected chi connectivity index (χ2v) is 7.56. The molecule has 0 N–H and O–H groups in total. The summed E-state index contributed by atoms with van der Waals surface area (Å²) in [4.78, 5) is 16.5. The molecule has 19 heavy (non-hydrogen) atoms. The fourth-order valence-corrected chi connectivity index (χ4v) is 3.23. The number of carbonyl (C=O) groups is 1. The van der Waals surface area contributed by atoms with Gasteiger partial charge in [0.25, 0.3) is 0 Å². The Morgan fingerprint density at radius 3 is 2.47 bits per heavy atom. The maximum Gasteiger partial charge on any atom is 0.410 e. The summed E-state index contributed by atoms with van der Waals surface area (Å²) in [5.41, 5.74) is -0.420. The summed E-state index contributed by atoms with van der Waals surface area (Å²) < 4.78 is 5.51. The minimum absolute atomic E-state index is 0.00241. The molecule has 2 saturated heterocycles. The van der Waals surface area contributed by atoms with E-state index in [9.17, 15) is 4.79 Å². The molecule has 0 aliphatic carbocycles.